The SMILES string of the molecule is CC[C@H](CC#N)N[C@@H](C)CC[C@H]1CC1(Cl)Cl. The van der Waals surface area contributed by atoms with Gasteiger partial charge in [-0.2, -0.15) is 5.26 Å². The van der Waals surface area contributed by atoms with Crippen molar-refractivity contribution >= 4 is 23.2 Å². The predicted molar refractivity (Wildman–Crippen MR) is 68.7 cm³/mol. The molecular weight excluding hydrogens is 243 g/mol. The first-order valence-electron chi connectivity index (χ1n) is 6.00. The Labute approximate surface area is 108 Å². The molecule has 0 aliphatic heterocycles. The third-order valence-electron chi connectivity index (χ3n) is 3.25. The minimum absolute atomic E-state index is 0.316. The summed E-state index contributed by atoms with van der Waals surface area (Å²) in [5.41, 5.74) is 0. The lowest BCUT2D eigenvalue weighted by molar-refractivity contribution is 0.407. The van der Waals surface area contributed by atoms with E-state index in [1.807, 2.05) is 0 Å². The van der Waals surface area contributed by atoms with Crippen molar-refractivity contribution < 1.29 is 0 Å². The fourth-order valence-corrected chi connectivity index (χ4v) is 2.54. The second kappa shape index (κ2) is 6.10. The van der Waals surface area contributed by atoms with Gasteiger partial charge in [-0.15, -0.1) is 23.2 Å². The minimum Gasteiger partial charge on any atom is -0.310 e. The first kappa shape index (κ1) is 14.1. The van der Waals surface area contributed by atoms with Crippen LogP contribution >= 0.6 is 23.2 Å². The standard InChI is InChI=1S/C12H20Cl2N2/c1-3-11(6-7-15)16-9(2)4-5-10-8-12(10,13)14/h9-11,16H,3-6,8H2,1-2H3/t9-,10-,11+/m0/s1. The van der Waals surface area contributed by atoms with E-state index in [9.17, 15) is 0 Å². The van der Waals surface area contributed by atoms with Gasteiger partial charge < -0.3 is 5.32 Å². The van der Waals surface area contributed by atoms with E-state index < -0.39 is 4.33 Å². The van der Waals surface area contributed by atoms with E-state index in [2.05, 4.69) is 25.2 Å². The van der Waals surface area contributed by atoms with E-state index in [1.54, 1.807) is 0 Å². The van der Waals surface area contributed by atoms with E-state index in [4.69, 9.17) is 28.5 Å². The molecule has 1 aliphatic carbocycles. The number of nitrogens with one attached hydrogen (secondary N) is 1. The topological polar surface area (TPSA) is 35.8 Å². The third-order valence-corrected chi connectivity index (χ3v) is 4.18. The van der Waals surface area contributed by atoms with Crippen LogP contribution in [-0.2, 0) is 0 Å². The molecule has 1 rings (SSSR count). The Kier molecular flexibility index (Phi) is 5.37. The van der Waals surface area contributed by atoms with Crippen molar-refractivity contribution in [2.75, 3.05) is 0 Å². The number of rotatable bonds is 7. The van der Waals surface area contributed by atoms with Crippen molar-refractivity contribution in [1.82, 2.24) is 5.32 Å². The predicted octanol–water partition coefficient (Wildman–Crippen LogP) is 3.63. The second-order valence-electron chi connectivity index (χ2n) is 4.77. The Morgan fingerprint density at radius 2 is 2.19 bits per heavy atom. The van der Waals surface area contributed by atoms with Crippen LogP contribution in [-0.4, -0.2) is 16.4 Å². The van der Waals surface area contributed by atoms with Gasteiger partial charge in [-0.3, -0.25) is 0 Å². The van der Waals surface area contributed by atoms with Gasteiger partial charge in [0, 0.05) is 12.1 Å². The van der Waals surface area contributed by atoms with Gasteiger partial charge in [0.1, 0.15) is 4.33 Å². The highest BCUT2D eigenvalue weighted by Crippen LogP contribution is 2.55. The van der Waals surface area contributed by atoms with Gasteiger partial charge in [-0.05, 0) is 38.5 Å². The number of hydrogen-bond donors (Lipinski definition) is 1. The average molecular weight is 263 g/mol. The summed E-state index contributed by atoms with van der Waals surface area (Å²) >= 11 is 12.0. The first-order valence-corrected chi connectivity index (χ1v) is 6.76. The van der Waals surface area contributed by atoms with Crippen LogP contribution in [0.1, 0.15) is 46.0 Å². The maximum Gasteiger partial charge on any atom is 0.121 e. The summed E-state index contributed by atoms with van der Waals surface area (Å²) < 4.78 is -0.448. The van der Waals surface area contributed by atoms with Crippen molar-refractivity contribution in [3.8, 4) is 6.07 Å². The first-order chi connectivity index (χ1) is 7.49. The maximum absolute atomic E-state index is 8.65. The zero-order valence-corrected chi connectivity index (χ0v) is 11.5. The van der Waals surface area contributed by atoms with Crippen LogP contribution in [0.3, 0.4) is 0 Å². The summed E-state index contributed by atoms with van der Waals surface area (Å²) in [5, 5.41) is 12.1. The van der Waals surface area contributed by atoms with E-state index in [-0.39, 0.29) is 0 Å². The summed E-state index contributed by atoms with van der Waals surface area (Å²) in [6.45, 7) is 4.26. The van der Waals surface area contributed by atoms with Gasteiger partial charge >= 0.3 is 0 Å². The monoisotopic (exact) mass is 262 g/mol. The molecule has 1 fully saturated rings. The summed E-state index contributed by atoms with van der Waals surface area (Å²) in [6.07, 6.45) is 4.66. The van der Waals surface area contributed by atoms with Crippen LogP contribution in [0, 0.1) is 17.2 Å². The third kappa shape index (κ3) is 4.49. The Bertz CT molecular complexity index is 260. The van der Waals surface area contributed by atoms with E-state index in [1.165, 1.54) is 0 Å². The molecule has 1 aliphatic rings. The van der Waals surface area contributed by atoms with Crippen LogP contribution in [0.15, 0.2) is 0 Å². The van der Waals surface area contributed by atoms with Crippen molar-refractivity contribution in [2.45, 2.75) is 62.4 Å². The van der Waals surface area contributed by atoms with Crippen LogP contribution in [0.25, 0.3) is 0 Å². The molecule has 0 aromatic heterocycles. The molecule has 0 heterocycles. The zero-order valence-electron chi connectivity index (χ0n) is 9.97. The molecule has 4 heteroatoms. The molecule has 0 bridgehead atoms. The lowest BCUT2D eigenvalue weighted by Gasteiger charge is -2.20. The number of halogens is 2. The summed E-state index contributed by atoms with van der Waals surface area (Å²) in [7, 11) is 0. The van der Waals surface area contributed by atoms with Crippen LogP contribution in [0.4, 0.5) is 0 Å². The van der Waals surface area contributed by atoms with Crippen LogP contribution in [0.5, 0.6) is 0 Å². The minimum atomic E-state index is -0.448. The Morgan fingerprint density at radius 1 is 1.56 bits per heavy atom. The van der Waals surface area contributed by atoms with Crippen LogP contribution in [0.2, 0.25) is 0 Å². The lowest BCUT2D eigenvalue weighted by Crippen LogP contribution is -2.36. The van der Waals surface area contributed by atoms with E-state index in [0.29, 0.717) is 24.4 Å². The molecule has 0 spiro atoms. The van der Waals surface area contributed by atoms with Crippen molar-refractivity contribution in [3.63, 3.8) is 0 Å². The van der Waals surface area contributed by atoms with Gasteiger partial charge in [0.15, 0.2) is 0 Å². The molecule has 92 valence electrons. The lowest BCUT2D eigenvalue weighted by atomic mass is 10.1. The van der Waals surface area contributed by atoms with Gasteiger partial charge in [0.2, 0.25) is 0 Å². The summed E-state index contributed by atoms with van der Waals surface area (Å²) in [6, 6.07) is 2.96. The number of nitrogens with zero attached hydrogens (tertiary/aromatic N) is 1. The quantitative estimate of drug-likeness (QED) is 0.712. The molecule has 0 unspecified atom stereocenters. The van der Waals surface area contributed by atoms with E-state index >= 15 is 0 Å². The Hall–Kier alpha value is 0.0300. The summed E-state index contributed by atoms with van der Waals surface area (Å²) in [4.78, 5) is 0. The molecule has 0 saturated heterocycles. The van der Waals surface area contributed by atoms with E-state index in [0.717, 1.165) is 25.7 Å². The molecule has 1 N–H and O–H groups in total. The van der Waals surface area contributed by atoms with Gasteiger partial charge in [-0.25, -0.2) is 0 Å². The molecule has 0 amide bonds. The summed E-state index contributed by atoms with van der Waals surface area (Å²) in [5.74, 6) is 0.469. The number of hydrogen-bond acceptors (Lipinski definition) is 2. The van der Waals surface area contributed by atoms with Crippen molar-refractivity contribution in [2.24, 2.45) is 5.92 Å². The fraction of sp³-hybridized carbons (Fsp3) is 0.917. The molecule has 0 aromatic carbocycles. The zero-order chi connectivity index (χ0) is 12.2. The highest BCUT2D eigenvalue weighted by Gasteiger charge is 2.50. The highest BCUT2D eigenvalue weighted by atomic mass is 35.5. The van der Waals surface area contributed by atoms with Crippen molar-refractivity contribution in [1.29, 1.82) is 5.26 Å². The molecule has 3 atom stereocenters. The fourth-order valence-electron chi connectivity index (χ4n) is 1.95. The molecule has 0 aromatic rings. The highest BCUT2D eigenvalue weighted by molar-refractivity contribution is 6.50. The van der Waals surface area contributed by atoms with Gasteiger partial charge in [-0.1, -0.05) is 6.92 Å². The Morgan fingerprint density at radius 3 is 2.62 bits per heavy atom. The molecule has 1 saturated carbocycles. The normalized spacial score (nSPS) is 25.8. The Balaban J connectivity index is 2.15. The smallest absolute Gasteiger partial charge is 0.121 e. The largest absolute Gasteiger partial charge is 0.310 e. The average Bonchev–Trinajstić information content (AvgIpc) is 2.83. The number of alkyl halides is 2. The maximum atomic E-state index is 8.65. The van der Waals surface area contributed by atoms with Gasteiger partial charge in [0.05, 0.1) is 12.5 Å². The molecule has 2 nitrogen and oxygen atoms in total. The second-order valence-corrected chi connectivity index (χ2v) is 6.32. The molecule has 16 heavy (non-hydrogen) atoms. The van der Waals surface area contributed by atoms with Crippen LogP contribution < -0.4 is 5.32 Å². The van der Waals surface area contributed by atoms with Crippen molar-refractivity contribution in [3.05, 3.63) is 0 Å². The van der Waals surface area contributed by atoms with Gasteiger partial charge in [0.25, 0.3) is 0 Å². The number of nitriles is 1. The molecular formula is C12H20Cl2N2. The molecule has 0 radical (unpaired) electrons.